The van der Waals surface area contributed by atoms with Crippen molar-refractivity contribution < 1.29 is 0 Å². The maximum atomic E-state index is 6.14. The highest BCUT2D eigenvalue weighted by atomic mass is 79.9. The van der Waals surface area contributed by atoms with E-state index in [0.29, 0.717) is 10.0 Å². The predicted octanol–water partition coefficient (Wildman–Crippen LogP) is 4.71. The molecule has 5 heteroatoms. The van der Waals surface area contributed by atoms with Crippen LogP contribution in [0.5, 0.6) is 0 Å². The van der Waals surface area contributed by atoms with Gasteiger partial charge in [-0.3, -0.25) is 0 Å². The summed E-state index contributed by atoms with van der Waals surface area (Å²) in [5.41, 5.74) is 2.03. The Balaban J connectivity index is 2.12. The van der Waals surface area contributed by atoms with E-state index in [1.165, 1.54) is 5.56 Å². The van der Waals surface area contributed by atoms with Crippen LogP contribution in [0.25, 0.3) is 0 Å². The lowest BCUT2D eigenvalue weighted by atomic mass is 10.3. The fourth-order valence-electron chi connectivity index (χ4n) is 1.53. The molecule has 0 fully saturated rings. The number of nitrogens with zero attached hydrogens (tertiary/aromatic N) is 1. The van der Waals surface area contributed by atoms with Crippen LogP contribution in [0, 0.1) is 0 Å². The first-order valence-electron chi connectivity index (χ1n) is 5.06. The molecule has 0 aliphatic carbocycles. The molecule has 0 bridgehead atoms. The second-order valence-corrected chi connectivity index (χ2v) is 5.37. The van der Waals surface area contributed by atoms with E-state index in [9.17, 15) is 0 Å². The van der Waals surface area contributed by atoms with Gasteiger partial charge in [-0.1, -0.05) is 23.2 Å². The number of nitrogens with one attached hydrogen (secondary N) is 1. The molecular weight excluding hydrogens is 323 g/mol. The van der Waals surface area contributed by atoms with Gasteiger partial charge in [-0.15, -0.1) is 0 Å². The van der Waals surface area contributed by atoms with Crippen molar-refractivity contribution in [1.29, 1.82) is 0 Å². The van der Waals surface area contributed by atoms with Crippen molar-refractivity contribution in [2.24, 2.45) is 7.05 Å². The van der Waals surface area contributed by atoms with Gasteiger partial charge in [0.25, 0.3) is 0 Å². The van der Waals surface area contributed by atoms with Crippen molar-refractivity contribution in [2.75, 3.05) is 5.32 Å². The zero-order valence-electron chi connectivity index (χ0n) is 9.17. The van der Waals surface area contributed by atoms with Crippen molar-refractivity contribution in [2.45, 2.75) is 6.54 Å². The van der Waals surface area contributed by atoms with Crippen LogP contribution in [-0.2, 0) is 13.6 Å². The molecule has 0 aliphatic rings. The molecule has 2 nitrogen and oxygen atoms in total. The first-order chi connectivity index (χ1) is 8.08. The highest BCUT2D eigenvalue weighted by Crippen LogP contribution is 2.35. The van der Waals surface area contributed by atoms with Crippen molar-refractivity contribution >= 4 is 44.8 Å². The molecule has 2 rings (SSSR count). The minimum absolute atomic E-state index is 0.532. The summed E-state index contributed by atoms with van der Waals surface area (Å²) in [5, 5.41) is 4.33. The molecule has 0 radical (unpaired) electrons. The predicted molar refractivity (Wildman–Crippen MR) is 76.9 cm³/mol. The summed E-state index contributed by atoms with van der Waals surface area (Å²) in [7, 11) is 1.99. The smallest absolute Gasteiger partial charge is 0.0835 e. The third kappa shape index (κ3) is 2.97. The molecule has 0 saturated heterocycles. The van der Waals surface area contributed by atoms with Crippen LogP contribution >= 0.6 is 39.1 Å². The second-order valence-electron chi connectivity index (χ2n) is 3.76. The number of halogens is 3. The van der Waals surface area contributed by atoms with Gasteiger partial charge in [0.2, 0.25) is 0 Å². The Labute approximate surface area is 119 Å². The van der Waals surface area contributed by atoms with E-state index in [2.05, 4.69) is 33.5 Å². The van der Waals surface area contributed by atoms with E-state index in [1.54, 1.807) is 0 Å². The molecule has 0 unspecified atom stereocenters. The lowest BCUT2D eigenvalue weighted by molar-refractivity contribution is 0.920. The van der Waals surface area contributed by atoms with Gasteiger partial charge in [0.15, 0.2) is 0 Å². The average molecular weight is 334 g/mol. The molecule has 0 spiro atoms. The highest BCUT2D eigenvalue weighted by molar-refractivity contribution is 9.10. The summed E-state index contributed by atoms with van der Waals surface area (Å²) in [6.07, 6.45) is 4.06. The molecule has 17 heavy (non-hydrogen) atoms. The Morgan fingerprint density at radius 2 is 2.00 bits per heavy atom. The number of aromatic nitrogens is 1. The SMILES string of the molecule is Cn1ccc(CNc2ccc(Br)c(Cl)c2Cl)c1. The van der Waals surface area contributed by atoms with Crippen molar-refractivity contribution in [3.63, 3.8) is 0 Å². The summed E-state index contributed by atoms with van der Waals surface area (Å²) in [6, 6.07) is 5.84. The molecule has 0 saturated carbocycles. The largest absolute Gasteiger partial charge is 0.380 e. The second kappa shape index (κ2) is 5.34. The maximum absolute atomic E-state index is 6.14. The molecule has 0 amide bonds. The average Bonchev–Trinajstić information content (AvgIpc) is 2.71. The quantitative estimate of drug-likeness (QED) is 0.805. The van der Waals surface area contributed by atoms with Gasteiger partial charge in [0, 0.05) is 30.5 Å². The molecule has 90 valence electrons. The van der Waals surface area contributed by atoms with Gasteiger partial charge >= 0.3 is 0 Å². The van der Waals surface area contributed by atoms with Crippen LogP contribution < -0.4 is 5.32 Å². The van der Waals surface area contributed by atoms with Gasteiger partial charge in [0.1, 0.15) is 0 Å². The molecule has 0 atom stereocenters. The number of anilines is 1. The number of hydrogen-bond donors (Lipinski definition) is 1. The Morgan fingerprint density at radius 1 is 1.24 bits per heavy atom. The van der Waals surface area contributed by atoms with Gasteiger partial charge in [-0.2, -0.15) is 0 Å². The first kappa shape index (κ1) is 12.8. The van der Waals surface area contributed by atoms with Gasteiger partial charge in [0.05, 0.1) is 15.7 Å². The van der Waals surface area contributed by atoms with E-state index in [4.69, 9.17) is 23.2 Å². The van der Waals surface area contributed by atoms with E-state index < -0.39 is 0 Å². The molecule has 2 aromatic rings. The molecule has 1 heterocycles. The number of hydrogen-bond acceptors (Lipinski definition) is 1. The molecule has 0 aliphatic heterocycles. The summed E-state index contributed by atoms with van der Waals surface area (Å²) in [6.45, 7) is 0.721. The van der Waals surface area contributed by atoms with Crippen molar-refractivity contribution in [3.8, 4) is 0 Å². The fourth-order valence-corrected chi connectivity index (χ4v) is 2.37. The lowest BCUT2D eigenvalue weighted by Gasteiger charge is -2.09. The van der Waals surface area contributed by atoms with E-state index >= 15 is 0 Å². The summed E-state index contributed by atoms with van der Waals surface area (Å²) in [5.74, 6) is 0. The normalized spacial score (nSPS) is 10.6. The summed E-state index contributed by atoms with van der Waals surface area (Å²) >= 11 is 15.5. The molecule has 1 aromatic carbocycles. The lowest BCUT2D eigenvalue weighted by Crippen LogP contribution is -1.99. The Bertz CT molecular complexity index is 537. The molecular formula is C12H11BrCl2N2. The Kier molecular flexibility index (Phi) is 4.02. The van der Waals surface area contributed by atoms with Gasteiger partial charge in [-0.05, 0) is 39.7 Å². The fraction of sp³-hybridized carbons (Fsp3) is 0.167. The minimum atomic E-state index is 0.532. The van der Waals surface area contributed by atoms with Crippen LogP contribution in [0.15, 0.2) is 35.1 Å². The van der Waals surface area contributed by atoms with Crippen LogP contribution in [0.4, 0.5) is 5.69 Å². The minimum Gasteiger partial charge on any atom is -0.380 e. The van der Waals surface area contributed by atoms with Gasteiger partial charge < -0.3 is 9.88 Å². The van der Waals surface area contributed by atoms with Crippen LogP contribution in [-0.4, -0.2) is 4.57 Å². The van der Waals surface area contributed by atoms with Crippen LogP contribution in [0.1, 0.15) is 5.56 Å². The molecule has 1 aromatic heterocycles. The van der Waals surface area contributed by atoms with E-state index in [-0.39, 0.29) is 0 Å². The van der Waals surface area contributed by atoms with Crippen molar-refractivity contribution in [1.82, 2.24) is 4.57 Å². The Hall–Kier alpha value is -0.640. The monoisotopic (exact) mass is 332 g/mol. The highest BCUT2D eigenvalue weighted by Gasteiger charge is 2.08. The third-order valence-electron chi connectivity index (χ3n) is 2.41. The van der Waals surface area contributed by atoms with Crippen LogP contribution in [0.3, 0.4) is 0 Å². The third-order valence-corrected chi connectivity index (χ3v) is 4.18. The summed E-state index contributed by atoms with van der Waals surface area (Å²) < 4.78 is 2.81. The van der Waals surface area contributed by atoms with Crippen LogP contribution in [0.2, 0.25) is 10.0 Å². The number of rotatable bonds is 3. The number of aryl methyl sites for hydroxylation is 1. The van der Waals surface area contributed by atoms with Crippen molar-refractivity contribution in [3.05, 3.63) is 50.7 Å². The standard InChI is InChI=1S/C12H11BrCl2N2/c1-17-5-4-8(7-17)6-16-10-3-2-9(13)11(14)12(10)15/h2-5,7,16H,6H2,1H3. The van der Waals surface area contributed by atoms with E-state index in [0.717, 1.165) is 16.7 Å². The Morgan fingerprint density at radius 3 is 2.65 bits per heavy atom. The van der Waals surface area contributed by atoms with Gasteiger partial charge in [-0.25, -0.2) is 0 Å². The molecule has 1 N–H and O–H groups in total. The number of benzene rings is 1. The topological polar surface area (TPSA) is 17.0 Å². The van der Waals surface area contributed by atoms with E-state index in [1.807, 2.05) is 29.9 Å². The zero-order valence-corrected chi connectivity index (χ0v) is 12.3. The first-order valence-corrected chi connectivity index (χ1v) is 6.61. The maximum Gasteiger partial charge on any atom is 0.0835 e. The zero-order chi connectivity index (χ0) is 12.4. The summed E-state index contributed by atoms with van der Waals surface area (Å²) in [4.78, 5) is 0.